The maximum absolute atomic E-state index is 12.3. The molecule has 0 heterocycles. The number of carbonyl (C=O) groups is 2. The predicted molar refractivity (Wildman–Crippen MR) is 106 cm³/mol. The van der Waals surface area contributed by atoms with E-state index in [1.54, 1.807) is 30.3 Å². The topological polar surface area (TPSA) is 113 Å². The molecule has 8 nitrogen and oxygen atoms in total. The minimum Gasteiger partial charge on any atom is -0.349 e. The molecule has 0 saturated heterocycles. The van der Waals surface area contributed by atoms with Crippen LogP contribution in [-0.4, -0.2) is 28.4 Å². The van der Waals surface area contributed by atoms with Gasteiger partial charge in [-0.15, -0.1) is 6.58 Å². The second kappa shape index (κ2) is 9.20. The molecule has 2 amide bonds. The number of para-hydroxylation sites is 2. The van der Waals surface area contributed by atoms with Crippen molar-refractivity contribution in [3.05, 3.63) is 82.4 Å². The maximum Gasteiger partial charge on any atom is 0.282 e. The van der Waals surface area contributed by atoms with Crippen LogP contribution in [0.3, 0.4) is 0 Å². The second-order valence-corrected chi connectivity index (χ2v) is 5.64. The highest BCUT2D eigenvalue weighted by Crippen LogP contribution is 2.18. The number of hydrogen-bond donors (Lipinski definition) is 3. The van der Waals surface area contributed by atoms with E-state index in [4.69, 9.17) is 12.2 Å². The molecule has 0 fully saturated rings. The molecule has 2 rings (SSSR count). The smallest absolute Gasteiger partial charge is 0.282 e. The van der Waals surface area contributed by atoms with Gasteiger partial charge in [-0.3, -0.25) is 25.0 Å². The Labute approximate surface area is 160 Å². The lowest BCUT2D eigenvalue weighted by Crippen LogP contribution is -2.35. The molecule has 138 valence electrons. The van der Waals surface area contributed by atoms with Crippen LogP contribution in [0.15, 0.2) is 61.2 Å². The van der Waals surface area contributed by atoms with Gasteiger partial charge in [0.2, 0.25) is 0 Å². The van der Waals surface area contributed by atoms with Crippen molar-refractivity contribution in [2.75, 3.05) is 11.9 Å². The first kappa shape index (κ1) is 19.7. The van der Waals surface area contributed by atoms with Crippen molar-refractivity contribution >= 4 is 40.5 Å². The predicted octanol–water partition coefficient (Wildman–Crippen LogP) is 2.64. The third-order valence-corrected chi connectivity index (χ3v) is 3.60. The van der Waals surface area contributed by atoms with Gasteiger partial charge in [0.05, 0.1) is 16.2 Å². The maximum atomic E-state index is 12.3. The van der Waals surface area contributed by atoms with Gasteiger partial charge < -0.3 is 10.6 Å². The van der Waals surface area contributed by atoms with Crippen molar-refractivity contribution in [2.24, 2.45) is 0 Å². The van der Waals surface area contributed by atoms with Gasteiger partial charge in [-0.05, 0) is 30.4 Å². The Bertz CT molecular complexity index is 914. The van der Waals surface area contributed by atoms with E-state index in [1.165, 1.54) is 24.3 Å². The van der Waals surface area contributed by atoms with Gasteiger partial charge in [0.25, 0.3) is 17.5 Å². The van der Waals surface area contributed by atoms with Crippen molar-refractivity contribution in [1.29, 1.82) is 0 Å². The molecule has 0 atom stereocenters. The van der Waals surface area contributed by atoms with Crippen molar-refractivity contribution in [3.63, 3.8) is 0 Å². The van der Waals surface area contributed by atoms with Crippen LogP contribution in [0, 0.1) is 10.1 Å². The average molecular weight is 384 g/mol. The van der Waals surface area contributed by atoms with E-state index < -0.39 is 10.8 Å². The second-order valence-electron chi connectivity index (χ2n) is 5.23. The number of nitro groups is 1. The number of amides is 2. The van der Waals surface area contributed by atoms with Crippen LogP contribution < -0.4 is 16.0 Å². The summed E-state index contributed by atoms with van der Waals surface area (Å²) in [5.74, 6) is -1.07. The van der Waals surface area contributed by atoms with Gasteiger partial charge in [0, 0.05) is 12.6 Å². The molecular weight excluding hydrogens is 368 g/mol. The summed E-state index contributed by atoms with van der Waals surface area (Å²) in [5.41, 5.74) is 0.249. The molecule has 0 spiro atoms. The van der Waals surface area contributed by atoms with Gasteiger partial charge in [-0.2, -0.15) is 0 Å². The number of benzene rings is 2. The van der Waals surface area contributed by atoms with Gasteiger partial charge >= 0.3 is 0 Å². The zero-order chi connectivity index (χ0) is 19.8. The zero-order valence-electron chi connectivity index (χ0n) is 14.1. The highest BCUT2D eigenvalue weighted by Gasteiger charge is 2.20. The third-order valence-electron chi connectivity index (χ3n) is 3.40. The molecule has 27 heavy (non-hydrogen) atoms. The van der Waals surface area contributed by atoms with Crippen LogP contribution in [0.4, 0.5) is 11.4 Å². The molecule has 0 bridgehead atoms. The van der Waals surface area contributed by atoms with E-state index >= 15 is 0 Å². The van der Waals surface area contributed by atoms with Crippen molar-refractivity contribution in [1.82, 2.24) is 10.6 Å². The summed E-state index contributed by atoms with van der Waals surface area (Å²) in [6.07, 6.45) is 1.55. The standard InChI is InChI=1S/C18H16N4O4S/c1-2-11-19-16(23)12-7-3-5-9-14(12)20-18(27)21-17(24)13-8-4-6-10-15(13)22(25)26/h2-10H,1,11H2,(H,19,23)(H2,20,21,24,27). The lowest BCUT2D eigenvalue weighted by atomic mass is 10.1. The summed E-state index contributed by atoms with van der Waals surface area (Å²) < 4.78 is 0. The number of nitrogens with zero attached hydrogens (tertiary/aromatic N) is 1. The van der Waals surface area contributed by atoms with Crippen LogP contribution in [0.2, 0.25) is 0 Å². The molecule has 9 heteroatoms. The van der Waals surface area contributed by atoms with E-state index in [-0.39, 0.29) is 22.3 Å². The number of rotatable bonds is 6. The van der Waals surface area contributed by atoms with Crippen LogP contribution in [-0.2, 0) is 0 Å². The molecule has 3 N–H and O–H groups in total. The van der Waals surface area contributed by atoms with E-state index in [2.05, 4.69) is 22.5 Å². The number of thiocarbonyl (C=S) groups is 1. The first-order valence-corrected chi connectivity index (χ1v) is 8.18. The summed E-state index contributed by atoms with van der Waals surface area (Å²) in [6, 6.07) is 12.1. The SMILES string of the molecule is C=CCNC(=O)c1ccccc1NC(=S)NC(=O)c1ccccc1[N+](=O)[O-]. The Morgan fingerprint density at radius 2 is 1.70 bits per heavy atom. The molecule has 0 aliphatic heterocycles. The Morgan fingerprint density at radius 1 is 1.07 bits per heavy atom. The minimum absolute atomic E-state index is 0.0953. The molecule has 2 aromatic carbocycles. The molecule has 0 aromatic heterocycles. The van der Waals surface area contributed by atoms with Gasteiger partial charge in [0.15, 0.2) is 5.11 Å². The zero-order valence-corrected chi connectivity index (χ0v) is 14.9. The molecule has 0 radical (unpaired) electrons. The number of hydrogen-bond acceptors (Lipinski definition) is 5. The molecule has 0 unspecified atom stereocenters. The lowest BCUT2D eigenvalue weighted by Gasteiger charge is -2.13. The Balaban J connectivity index is 2.13. The third kappa shape index (κ3) is 5.19. The van der Waals surface area contributed by atoms with Crippen molar-refractivity contribution in [3.8, 4) is 0 Å². The fourth-order valence-corrected chi connectivity index (χ4v) is 2.40. The fourth-order valence-electron chi connectivity index (χ4n) is 2.20. The van der Waals surface area contributed by atoms with E-state index in [1.807, 2.05) is 0 Å². The van der Waals surface area contributed by atoms with Crippen molar-refractivity contribution in [2.45, 2.75) is 0 Å². The highest BCUT2D eigenvalue weighted by molar-refractivity contribution is 7.80. The number of carbonyl (C=O) groups excluding carboxylic acids is 2. The lowest BCUT2D eigenvalue weighted by molar-refractivity contribution is -0.385. The van der Waals surface area contributed by atoms with Crippen LogP contribution in [0.1, 0.15) is 20.7 Å². The first-order valence-electron chi connectivity index (χ1n) is 7.78. The molecule has 0 saturated carbocycles. The fraction of sp³-hybridized carbons (Fsp3) is 0.0556. The van der Waals surface area contributed by atoms with Crippen LogP contribution >= 0.6 is 12.2 Å². The van der Waals surface area contributed by atoms with Crippen LogP contribution in [0.25, 0.3) is 0 Å². The summed E-state index contributed by atoms with van der Waals surface area (Å²) >= 11 is 5.09. The van der Waals surface area contributed by atoms with E-state index in [9.17, 15) is 19.7 Å². The van der Waals surface area contributed by atoms with Crippen molar-refractivity contribution < 1.29 is 14.5 Å². The summed E-state index contributed by atoms with van der Waals surface area (Å²) in [6.45, 7) is 3.83. The number of nitrogens with one attached hydrogen (secondary N) is 3. The Hall–Kier alpha value is -3.59. The number of anilines is 1. The van der Waals surface area contributed by atoms with Gasteiger partial charge in [-0.25, -0.2) is 0 Å². The Kier molecular flexibility index (Phi) is 6.73. The van der Waals surface area contributed by atoms with E-state index in [0.29, 0.717) is 17.8 Å². The van der Waals surface area contributed by atoms with Gasteiger partial charge in [0.1, 0.15) is 5.56 Å². The molecule has 2 aromatic rings. The average Bonchev–Trinajstić information content (AvgIpc) is 2.66. The number of nitro benzene ring substituents is 1. The summed E-state index contributed by atoms with van der Waals surface area (Å²) in [4.78, 5) is 34.8. The summed E-state index contributed by atoms with van der Waals surface area (Å²) in [7, 11) is 0. The van der Waals surface area contributed by atoms with Crippen LogP contribution in [0.5, 0.6) is 0 Å². The Morgan fingerprint density at radius 3 is 2.37 bits per heavy atom. The molecule has 0 aliphatic carbocycles. The molecule has 0 aliphatic rings. The quantitative estimate of drug-likeness (QED) is 0.305. The monoisotopic (exact) mass is 384 g/mol. The largest absolute Gasteiger partial charge is 0.349 e. The highest BCUT2D eigenvalue weighted by atomic mass is 32.1. The normalized spacial score (nSPS) is 9.78. The minimum atomic E-state index is -0.728. The molecular formula is C18H16N4O4S. The first-order chi connectivity index (χ1) is 12.9. The summed E-state index contributed by atoms with van der Waals surface area (Å²) in [5, 5.41) is 18.7. The van der Waals surface area contributed by atoms with E-state index in [0.717, 1.165) is 0 Å². The van der Waals surface area contributed by atoms with Gasteiger partial charge in [-0.1, -0.05) is 30.3 Å².